The zero-order valence-electron chi connectivity index (χ0n) is 18.3. The van der Waals surface area contributed by atoms with Crippen molar-refractivity contribution in [2.75, 3.05) is 19.6 Å². The molecule has 0 N–H and O–H groups in total. The highest BCUT2D eigenvalue weighted by Crippen LogP contribution is 2.33. The number of rotatable bonds is 5. The van der Waals surface area contributed by atoms with Crippen molar-refractivity contribution in [3.05, 3.63) is 75.5 Å². The van der Waals surface area contributed by atoms with Crippen molar-refractivity contribution in [1.82, 2.24) is 34.3 Å². The summed E-state index contributed by atoms with van der Waals surface area (Å²) in [7, 11) is 0. The van der Waals surface area contributed by atoms with Gasteiger partial charge in [-0.05, 0) is 44.1 Å². The average molecular weight is 536 g/mol. The van der Waals surface area contributed by atoms with Gasteiger partial charge >= 0.3 is 0 Å². The molecular formula is C24H22BrN7OS. The van der Waals surface area contributed by atoms with Gasteiger partial charge in [0.25, 0.3) is 5.56 Å². The molecule has 172 valence electrons. The Balaban J connectivity index is 1.13. The molecule has 1 saturated heterocycles. The molecule has 1 fully saturated rings. The van der Waals surface area contributed by atoms with Gasteiger partial charge in [-0.2, -0.15) is 9.61 Å². The van der Waals surface area contributed by atoms with Crippen LogP contribution >= 0.6 is 27.3 Å². The lowest BCUT2D eigenvalue weighted by molar-refractivity contribution is 0.201. The maximum Gasteiger partial charge on any atom is 0.261 e. The SMILES string of the molecule is O=c1c2ccccc2ncn1CCN1CCC(c2nnc3sc(-c4ccccc4Br)nn23)CC1. The molecule has 8 nitrogen and oxygen atoms in total. The first-order chi connectivity index (χ1) is 16.7. The molecule has 6 rings (SSSR count). The van der Waals surface area contributed by atoms with E-state index in [0.29, 0.717) is 17.8 Å². The fourth-order valence-corrected chi connectivity index (χ4v) is 6.05. The van der Waals surface area contributed by atoms with Crippen LogP contribution in [0.4, 0.5) is 0 Å². The summed E-state index contributed by atoms with van der Waals surface area (Å²) < 4.78 is 4.66. The molecule has 4 heterocycles. The number of piperidine rings is 1. The Kier molecular flexibility index (Phi) is 5.72. The van der Waals surface area contributed by atoms with Crippen LogP contribution in [-0.4, -0.2) is 53.9 Å². The molecule has 0 unspecified atom stereocenters. The number of halogens is 1. The number of nitrogens with zero attached hydrogens (tertiary/aromatic N) is 7. The minimum Gasteiger partial charge on any atom is -0.302 e. The van der Waals surface area contributed by atoms with Gasteiger partial charge in [-0.25, -0.2) is 4.98 Å². The molecule has 34 heavy (non-hydrogen) atoms. The van der Waals surface area contributed by atoms with Crippen molar-refractivity contribution in [3.8, 4) is 10.6 Å². The first kappa shape index (κ1) is 21.6. The minimum atomic E-state index is 0.0238. The Labute approximate surface area is 208 Å². The number of hydrogen-bond donors (Lipinski definition) is 0. The van der Waals surface area contributed by atoms with Crippen molar-refractivity contribution < 1.29 is 0 Å². The first-order valence-corrected chi connectivity index (χ1v) is 12.9. The Bertz CT molecular complexity index is 1530. The van der Waals surface area contributed by atoms with E-state index in [9.17, 15) is 4.79 Å². The van der Waals surface area contributed by atoms with Crippen LogP contribution in [0.15, 0.2) is 64.1 Å². The standard InChI is InChI=1S/C24H22BrN7OS/c25-19-7-3-1-5-17(19)22-29-32-21(27-28-24(32)34-22)16-9-11-30(12-10-16)13-14-31-15-26-20-8-4-2-6-18(20)23(31)33/h1-8,15-16H,9-14H2. The normalized spacial score (nSPS) is 15.4. The van der Waals surface area contributed by atoms with Gasteiger partial charge in [0, 0.05) is 29.0 Å². The van der Waals surface area contributed by atoms with E-state index in [2.05, 4.69) is 42.1 Å². The predicted octanol–water partition coefficient (Wildman–Crippen LogP) is 4.20. The zero-order chi connectivity index (χ0) is 23.1. The third-order valence-electron chi connectivity index (χ3n) is 6.46. The molecule has 3 aromatic heterocycles. The Hall–Kier alpha value is -2.95. The van der Waals surface area contributed by atoms with Crippen LogP contribution in [0, 0.1) is 0 Å². The van der Waals surface area contributed by atoms with Gasteiger partial charge in [0.05, 0.1) is 17.2 Å². The van der Waals surface area contributed by atoms with Gasteiger partial charge in [0.1, 0.15) is 5.01 Å². The Morgan fingerprint density at radius 1 is 1.00 bits per heavy atom. The van der Waals surface area contributed by atoms with E-state index in [1.807, 2.05) is 47.0 Å². The second-order valence-electron chi connectivity index (χ2n) is 8.52. The molecule has 0 saturated carbocycles. The van der Waals surface area contributed by atoms with E-state index >= 15 is 0 Å². The van der Waals surface area contributed by atoms with Crippen LogP contribution in [0.3, 0.4) is 0 Å². The number of fused-ring (bicyclic) bond motifs is 2. The summed E-state index contributed by atoms with van der Waals surface area (Å²) in [6.45, 7) is 3.37. The molecule has 1 aliphatic rings. The molecule has 10 heteroatoms. The minimum absolute atomic E-state index is 0.0238. The monoisotopic (exact) mass is 535 g/mol. The molecule has 0 radical (unpaired) electrons. The summed E-state index contributed by atoms with van der Waals surface area (Å²) in [5.41, 5.74) is 1.84. The molecule has 0 bridgehead atoms. The van der Waals surface area contributed by atoms with Crippen molar-refractivity contribution >= 4 is 43.1 Å². The van der Waals surface area contributed by atoms with Gasteiger partial charge in [-0.15, -0.1) is 10.2 Å². The highest BCUT2D eigenvalue weighted by molar-refractivity contribution is 9.10. The highest BCUT2D eigenvalue weighted by atomic mass is 79.9. The predicted molar refractivity (Wildman–Crippen MR) is 136 cm³/mol. The molecule has 1 aliphatic heterocycles. The number of para-hydroxylation sites is 1. The molecule has 0 aliphatic carbocycles. The lowest BCUT2D eigenvalue weighted by Gasteiger charge is -2.30. The molecule has 2 aromatic carbocycles. The largest absolute Gasteiger partial charge is 0.302 e. The zero-order valence-corrected chi connectivity index (χ0v) is 20.7. The second kappa shape index (κ2) is 9.01. The van der Waals surface area contributed by atoms with Gasteiger partial charge in [-0.1, -0.05) is 57.6 Å². The fourth-order valence-electron chi connectivity index (χ4n) is 4.56. The van der Waals surface area contributed by atoms with Gasteiger partial charge < -0.3 is 4.90 Å². The quantitative estimate of drug-likeness (QED) is 0.335. The smallest absolute Gasteiger partial charge is 0.261 e. The molecule has 5 aromatic rings. The average Bonchev–Trinajstić information content (AvgIpc) is 3.46. The molecule has 0 amide bonds. The number of aromatic nitrogens is 6. The van der Waals surface area contributed by atoms with E-state index in [0.717, 1.165) is 63.8 Å². The van der Waals surface area contributed by atoms with Crippen molar-refractivity contribution in [3.63, 3.8) is 0 Å². The highest BCUT2D eigenvalue weighted by Gasteiger charge is 2.26. The summed E-state index contributed by atoms with van der Waals surface area (Å²) in [5.74, 6) is 1.27. The van der Waals surface area contributed by atoms with Crippen molar-refractivity contribution in [1.29, 1.82) is 0 Å². The van der Waals surface area contributed by atoms with Crippen molar-refractivity contribution in [2.24, 2.45) is 0 Å². The van der Waals surface area contributed by atoms with E-state index < -0.39 is 0 Å². The van der Waals surface area contributed by atoms with Gasteiger partial charge in [-0.3, -0.25) is 9.36 Å². The maximum absolute atomic E-state index is 12.7. The van der Waals surface area contributed by atoms with Crippen LogP contribution in [0.2, 0.25) is 0 Å². The lowest BCUT2D eigenvalue weighted by atomic mass is 9.96. The van der Waals surface area contributed by atoms with E-state index in [-0.39, 0.29) is 5.56 Å². The summed E-state index contributed by atoms with van der Waals surface area (Å²) in [4.78, 5) is 20.4. The third kappa shape index (κ3) is 3.95. The molecule has 0 spiro atoms. The van der Waals surface area contributed by atoms with Crippen LogP contribution in [0.5, 0.6) is 0 Å². The summed E-state index contributed by atoms with van der Waals surface area (Å²) >= 11 is 5.18. The van der Waals surface area contributed by atoms with E-state index in [1.165, 1.54) is 0 Å². The Morgan fingerprint density at radius 2 is 1.79 bits per heavy atom. The molecular weight excluding hydrogens is 514 g/mol. The van der Waals surface area contributed by atoms with Crippen LogP contribution in [0.1, 0.15) is 24.6 Å². The van der Waals surface area contributed by atoms with Crippen LogP contribution < -0.4 is 5.56 Å². The molecule has 0 atom stereocenters. The van der Waals surface area contributed by atoms with Crippen molar-refractivity contribution in [2.45, 2.75) is 25.3 Å². The second-order valence-corrected chi connectivity index (χ2v) is 10.3. The summed E-state index contributed by atoms with van der Waals surface area (Å²) in [5, 5.41) is 15.3. The third-order valence-corrected chi connectivity index (χ3v) is 8.08. The maximum atomic E-state index is 12.7. The van der Waals surface area contributed by atoms with Gasteiger partial charge in [0.2, 0.25) is 4.96 Å². The first-order valence-electron chi connectivity index (χ1n) is 11.3. The van der Waals surface area contributed by atoms with E-state index in [1.54, 1.807) is 22.2 Å². The topological polar surface area (TPSA) is 81.2 Å². The fraction of sp³-hybridized carbons (Fsp3) is 0.292. The van der Waals surface area contributed by atoms with Crippen LogP contribution in [0.25, 0.3) is 26.4 Å². The van der Waals surface area contributed by atoms with E-state index in [4.69, 9.17) is 5.10 Å². The summed E-state index contributed by atoms with van der Waals surface area (Å²) in [6, 6.07) is 15.6. The number of hydrogen-bond acceptors (Lipinski definition) is 7. The number of benzene rings is 2. The Morgan fingerprint density at radius 3 is 2.65 bits per heavy atom. The van der Waals surface area contributed by atoms with Gasteiger partial charge in [0.15, 0.2) is 5.82 Å². The lowest BCUT2D eigenvalue weighted by Crippen LogP contribution is -2.37. The number of likely N-dealkylation sites (tertiary alicyclic amines) is 1. The summed E-state index contributed by atoms with van der Waals surface area (Å²) in [6.07, 6.45) is 3.65. The van der Waals surface area contributed by atoms with Crippen LogP contribution in [-0.2, 0) is 6.54 Å².